The van der Waals surface area contributed by atoms with Crippen LogP contribution in [-0.2, 0) is 14.3 Å². The molecule has 1 aliphatic carbocycles. The van der Waals surface area contributed by atoms with Gasteiger partial charge in [-0.1, -0.05) is 27.7 Å². The van der Waals surface area contributed by atoms with Crippen LogP contribution in [0.3, 0.4) is 0 Å². The van der Waals surface area contributed by atoms with Crippen LogP contribution in [0.1, 0.15) is 27.7 Å². The Balaban J connectivity index is 0.000000344. The molecular formula is C12H22O7. The molecule has 1 fully saturated rings. The molecular weight excluding hydrogens is 256 g/mol. The fraction of sp³-hybridized carbons (Fsp3) is 0.833. The van der Waals surface area contributed by atoms with Crippen LogP contribution in [0.25, 0.3) is 0 Å². The normalized spacial score (nSPS) is 26.6. The van der Waals surface area contributed by atoms with Crippen molar-refractivity contribution in [2.24, 2.45) is 10.8 Å². The van der Waals surface area contributed by atoms with Crippen molar-refractivity contribution >= 4 is 11.9 Å². The largest absolute Gasteiger partial charge is 0.480 e. The van der Waals surface area contributed by atoms with Crippen molar-refractivity contribution in [1.82, 2.24) is 0 Å². The molecule has 19 heavy (non-hydrogen) atoms. The van der Waals surface area contributed by atoms with Crippen LogP contribution in [0, 0.1) is 10.8 Å². The van der Waals surface area contributed by atoms with Gasteiger partial charge in [-0.25, -0.2) is 9.59 Å². The average molecular weight is 278 g/mol. The minimum Gasteiger partial charge on any atom is -0.480 e. The molecule has 0 radical (unpaired) electrons. The van der Waals surface area contributed by atoms with Crippen LogP contribution in [0.4, 0.5) is 0 Å². The van der Waals surface area contributed by atoms with E-state index in [1.54, 1.807) is 0 Å². The summed E-state index contributed by atoms with van der Waals surface area (Å²) in [5.74, 6) is -2.34. The maximum Gasteiger partial charge on any atom is 0.329 e. The molecule has 0 aliphatic heterocycles. The van der Waals surface area contributed by atoms with Crippen molar-refractivity contribution in [2.45, 2.75) is 39.9 Å². The van der Waals surface area contributed by atoms with E-state index in [1.165, 1.54) is 0 Å². The molecule has 112 valence electrons. The van der Waals surface area contributed by atoms with Gasteiger partial charge in [-0.15, -0.1) is 0 Å². The van der Waals surface area contributed by atoms with E-state index in [1.807, 2.05) is 27.7 Å². The summed E-state index contributed by atoms with van der Waals surface area (Å²) in [6, 6.07) is 0. The van der Waals surface area contributed by atoms with Gasteiger partial charge in [0.1, 0.15) is 13.2 Å². The van der Waals surface area contributed by atoms with E-state index >= 15 is 0 Å². The van der Waals surface area contributed by atoms with Gasteiger partial charge in [0.25, 0.3) is 0 Å². The number of ether oxygens (including phenoxy) is 1. The Bertz CT molecular complexity index is 291. The summed E-state index contributed by atoms with van der Waals surface area (Å²) in [6.45, 7) is 6.40. The maximum atomic E-state index is 9.66. The third kappa shape index (κ3) is 4.45. The molecule has 1 saturated carbocycles. The predicted molar refractivity (Wildman–Crippen MR) is 65.7 cm³/mol. The second kappa shape index (κ2) is 6.31. The second-order valence-electron chi connectivity index (χ2n) is 5.73. The van der Waals surface area contributed by atoms with E-state index in [9.17, 15) is 19.8 Å². The fourth-order valence-electron chi connectivity index (χ4n) is 2.35. The molecule has 4 N–H and O–H groups in total. The summed E-state index contributed by atoms with van der Waals surface area (Å²) in [4.78, 5) is 19.3. The smallest absolute Gasteiger partial charge is 0.329 e. The highest BCUT2D eigenvalue weighted by Crippen LogP contribution is 2.53. The second-order valence-corrected chi connectivity index (χ2v) is 5.73. The predicted octanol–water partition coefficient (Wildman–Crippen LogP) is -0.0536. The van der Waals surface area contributed by atoms with Crippen molar-refractivity contribution in [3.63, 3.8) is 0 Å². The molecule has 0 unspecified atom stereocenters. The molecule has 1 rings (SSSR count). The molecule has 0 aromatic carbocycles. The average Bonchev–Trinajstić information content (AvgIpc) is 2.26. The van der Waals surface area contributed by atoms with Crippen LogP contribution >= 0.6 is 0 Å². The monoisotopic (exact) mass is 278 g/mol. The Labute approximate surface area is 111 Å². The summed E-state index contributed by atoms with van der Waals surface area (Å²) in [5.41, 5.74) is -0.632. The zero-order valence-corrected chi connectivity index (χ0v) is 11.6. The zero-order valence-electron chi connectivity index (χ0n) is 11.6. The van der Waals surface area contributed by atoms with Crippen molar-refractivity contribution < 1.29 is 34.8 Å². The zero-order chi connectivity index (χ0) is 15.4. The number of rotatable bonds is 4. The van der Waals surface area contributed by atoms with Gasteiger partial charge in [-0.05, 0) is 0 Å². The number of aliphatic hydroxyl groups is 2. The number of carboxylic acids is 2. The molecule has 0 saturated heterocycles. The van der Waals surface area contributed by atoms with Crippen molar-refractivity contribution in [3.05, 3.63) is 0 Å². The maximum absolute atomic E-state index is 9.66. The molecule has 0 bridgehead atoms. The standard InChI is InChI=1S/C8H16O2.C4H6O5/c1-7(2)5(9)8(3,4)6(7)10;5-3(6)1-9-2-4(7)8/h5-6,9-10H,1-4H3;1-2H2,(H,5,6)(H,7,8). The third-order valence-electron chi connectivity index (χ3n) is 3.27. The lowest BCUT2D eigenvalue weighted by Crippen LogP contribution is -2.67. The minimum atomic E-state index is -1.17. The summed E-state index contributed by atoms with van der Waals surface area (Å²) in [7, 11) is 0. The van der Waals surface area contributed by atoms with Gasteiger partial charge in [0.15, 0.2) is 0 Å². The first-order valence-corrected chi connectivity index (χ1v) is 5.81. The fourth-order valence-corrected chi connectivity index (χ4v) is 2.35. The van der Waals surface area contributed by atoms with Gasteiger partial charge in [0.2, 0.25) is 0 Å². The van der Waals surface area contributed by atoms with Crippen LogP contribution in [0.2, 0.25) is 0 Å². The van der Waals surface area contributed by atoms with Crippen molar-refractivity contribution in [3.8, 4) is 0 Å². The number of carbonyl (C=O) groups is 2. The molecule has 1 aliphatic rings. The van der Waals surface area contributed by atoms with E-state index < -0.39 is 25.2 Å². The van der Waals surface area contributed by atoms with Crippen LogP contribution < -0.4 is 0 Å². The molecule has 0 aromatic heterocycles. The molecule has 7 nitrogen and oxygen atoms in total. The number of hydrogen-bond donors (Lipinski definition) is 4. The van der Waals surface area contributed by atoms with Crippen LogP contribution in [-0.4, -0.2) is 57.8 Å². The number of aliphatic carboxylic acids is 2. The van der Waals surface area contributed by atoms with E-state index in [4.69, 9.17) is 10.2 Å². The van der Waals surface area contributed by atoms with E-state index in [2.05, 4.69) is 4.74 Å². The Morgan fingerprint density at radius 3 is 1.32 bits per heavy atom. The van der Waals surface area contributed by atoms with Gasteiger partial charge in [0.05, 0.1) is 12.2 Å². The van der Waals surface area contributed by atoms with E-state index in [-0.39, 0.29) is 23.0 Å². The van der Waals surface area contributed by atoms with E-state index in [0.717, 1.165) is 0 Å². The minimum absolute atomic E-state index is 0.316. The number of hydrogen-bond acceptors (Lipinski definition) is 5. The first kappa shape index (κ1) is 17.8. The van der Waals surface area contributed by atoms with Crippen LogP contribution in [0.15, 0.2) is 0 Å². The SMILES string of the molecule is CC1(C)C(O)C(C)(C)C1O.O=C(O)COCC(=O)O. The number of aliphatic hydroxyl groups excluding tert-OH is 2. The first-order chi connectivity index (χ1) is 8.44. The first-order valence-electron chi connectivity index (χ1n) is 5.81. The van der Waals surface area contributed by atoms with Gasteiger partial charge < -0.3 is 25.2 Å². The quantitative estimate of drug-likeness (QED) is 0.568. The van der Waals surface area contributed by atoms with Gasteiger partial charge in [-0.3, -0.25) is 0 Å². The van der Waals surface area contributed by atoms with Crippen molar-refractivity contribution in [1.29, 1.82) is 0 Å². The summed E-state index contributed by atoms with van der Waals surface area (Å²) < 4.78 is 4.16. The third-order valence-corrected chi connectivity index (χ3v) is 3.27. The lowest BCUT2D eigenvalue weighted by atomic mass is 9.51. The lowest BCUT2D eigenvalue weighted by molar-refractivity contribution is -0.247. The molecule has 0 amide bonds. The van der Waals surface area contributed by atoms with Crippen LogP contribution in [0.5, 0.6) is 0 Å². The summed E-state index contributed by atoms with van der Waals surface area (Å²) >= 11 is 0. The molecule has 7 heteroatoms. The van der Waals surface area contributed by atoms with Gasteiger partial charge in [0, 0.05) is 10.8 Å². The molecule has 0 spiro atoms. The highest BCUT2D eigenvalue weighted by Gasteiger charge is 2.60. The Morgan fingerprint density at radius 1 is 0.895 bits per heavy atom. The molecule has 0 heterocycles. The highest BCUT2D eigenvalue weighted by molar-refractivity contribution is 5.70. The van der Waals surface area contributed by atoms with Crippen molar-refractivity contribution in [2.75, 3.05) is 13.2 Å². The molecule has 0 atom stereocenters. The summed E-state index contributed by atoms with van der Waals surface area (Å²) in [5, 5.41) is 34.8. The lowest BCUT2D eigenvalue weighted by Gasteiger charge is -2.59. The summed E-state index contributed by atoms with van der Waals surface area (Å²) in [6.07, 6.45) is -0.759. The van der Waals surface area contributed by atoms with Gasteiger partial charge >= 0.3 is 11.9 Å². The highest BCUT2D eigenvalue weighted by atomic mass is 16.5. The van der Waals surface area contributed by atoms with Gasteiger partial charge in [-0.2, -0.15) is 0 Å². The Hall–Kier alpha value is -1.18. The topological polar surface area (TPSA) is 124 Å². The Morgan fingerprint density at radius 2 is 1.16 bits per heavy atom. The molecule has 0 aromatic rings. The number of carboxylic acid groups (broad SMARTS) is 2. The Kier molecular flexibility index (Phi) is 5.92. The van der Waals surface area contributed by atoms with E-state index in [0.29, 0.717) is 0 Å².